The van der Waals surface area contributed by atoms with Gasteiger partial charge in [0.15, 0.2) is 11.5 Å². The third-order valence-electron chi connectivity index (χ3n) is 3.92. The number of hydrogen-bond acceptors (Lipinski definition) is 5. The molecule has 0 unspecified atom stereocenters. The number of nitrogens with two attached hydrogens (primary N) is 1. The predicted octanol–water partition coefficient (Wildman–Crippen LogP) is 4.04. The molecule has 0 atom stereocenters. The van der Waals surface area contributed by atoms with E-state index in [-0.39, 0.29) is 15.5 Å². The Hall–Kier alpha value is -3.07. The van der Waals surface area contributed by atoms with Crippen LogP contribution in [0.5, 0.6) is 17.2 Å². The number of anilines is 1. The smallest absolute Gasteiger partial charge is 0.257 e. The number of primary sulfonamides is 1. The summed E-state index contributed by atoms with van der Waals surface area (Å²) in [7, 11) is -2.40. The normalized spacial score (nSPS) is 11.0. The van der Waals surface area contributed by atoms with Crippen molar-refractivity contribution in [2.75, 3.05) is 12.4 Å². The van der Waals surface area contributed by atoms with Crippen LogP contribution in [0.1, 0.15) is 10.4 Å². The van der Waals surface area contributed by atoms with E-state index in [0.717, 1.165) is 6.07 Å². The second-order valence-electron chi connectivity index (χ2n) is 5.92. The second kappa shape index (κ2) is 8.52. The van der Waals surface area contributed by atoms with Crippen molar-refractivity contribution in [2.24, 2.45) is 5.14 Å². The van der Waals surface area contributed by atoms with Crippen LogP contribution in [-0.4, -0.2) is 21.4 Å². The number of halogens is 1. The fraction of sp³-hybridized carbons (Fsp3) is 0.0500. The highest BCUT2D eigenvalue weighted by Crippen LogP contribution is 2.31. The quantitative estimate of drug-likeness (QED) is 0.611. The van der Waals surface area contributed by atoms with Crippen molar-refractivity contribution < 1.29 is 22.7 Å². The van der Waals surface area contributed by atoms with Gasteiger partial charge < -0.3 is 14.8 Å². The molecule has 0 saturated heterocycles. The zero-order chi connectivity index (χ0) is 21.0. The largest absolute Gasteiger partial charge is 0.493 e. The van der Waals surface area contributed by atoms with Gasteiger partial charge >= 0.3 is 0 Å². The molecule has 150 valence electrons. The summed E-state index contributed by atoms with van der Waals surface area (Å²) in [5, 5.41) is 7.86. The van der Waals surface area contributed by atoms with E-state index in [4.69, 9.17) is 26.2 Å². The maximum Gasteiger partial charge on any atom is 0.257 e. The van der Waals surface area contributed by atoms with Gasteiger partial charge in [-0.3, -0.25) is 4.79 Å². The van der Waals surface area contributed by atoms with E-state index >= 15 is 0 Å². The van der Waals surface area contributed by atoms with Gasteiger partial charge in [-0.25, -0.2) is 13.6 Å². The van der Waals surface area contributed by atoms with Crippen LogP contribution in [0.15, 0.2) is 71.6 Å². The lowest BCUT2D eigenvalue weighted by molar-refractivity contribution is 0.102. The molecule has 0 spiro atoms. The van der Waals surface area contributed by atoms with Crippen molar-refractivity contribution in [1.29, 1.82) is 0 Å². The molecule has 0 aromatic heterocycles. The summed E-state index contributed by atoms with van der Waals surface area (Å²) in [6.45, 7) is 0. The highest BCUT2D eigenvalue weighted by molar-refractivity contribution is 7.89. The lowest BCUT2D eigenvalue weighted by atomic mass is 10.2. The van der Waals surface area contributed by atoms with Crippen LogP contribution in [0.2, 0.25) is 5.02 Å². The van der Waals surface area contributed by atoms with Crippen LogP contribution in [0.3, 0.4) is 0 Å². The minimum Gasteiger partial charge on any atom is -0.493 e. The number of carbonyl (C=O) groups is 1. The Bertz CT molecular complexity index is 1150. The third-order valence-corrected chi connectivity index (χ3v) is 5.16. The number of amides is 1. The molecule has 0 aliphatic heterocycles. The van der Waals surface area contributed by atoms with E-state index in [1.807, 2.05) is 12.1 Å². The average Bonchev–Trinajstić information content (AvgIpc) is 2.69. The molecule has 1 amide bonds. The van der Waals surface area contributed by atoms with Crippen LogP contribution < -0.4 is 19.9 Å². The van der Waals surface area contributed by atoms with Crippen LogP contribution in [0.25, 0.3) is 0 Å². The molecule has 3 aromatic carbocycles. The molecule has 0 saturated carbocycles. The molecule has 29 heavy (non-hydrogen) atoms. The summed E-state index contributed by atoms with van der Waals surface area (Å²) in [6.07, 6.45) is 0. The maximum absolute atomic E-state index is 12.5. The van der Waals surface area contributed by atoms with Crippen molar-refractivity contribution in [3.05, 3.63) is 77.3 Å². The van der Waals surface area contributed by atoms with E-state index in [1.165, 1.54) is 12.1 Å². The molecule has 3 rings (SSSR count). The van der Waals surface area contributed by atoms with Crippen molar-refractivity contribution in [2.45, 2.75) is 4.90 Å². The van der Waals surface area contributed by atoms with E-state index in [1.54, 1.807) is 43.5 Å². The molecule has 9 heteroatoms. The minimum atomic E-state index is -3.96. The number of carbonyl (C=O) groups excluding carboxylic acids is 1. The number of ether oxygens (including phenoxy) is 2. The first-order chi connectivity index (χ1) is 13.8. The van der Waals surface area contributed by atoms with Gasteiger partial charge in [0, 0.05) is 5.69 Å². The highest BCUT2D eigenvalue weighted by atomic mass is 35.5. The molecular formula is C20H17ClN2O5S. The first-order valence-corrected chi connectivity index (χ1v) is 10.2. The number of methoxy groups -OCH3 is 1. The molecule has 0 radical (unpaired) electrons. The number of sulfonamides is 1. The fourth-order valence-electron chi connectivity index (χ4n) is 2.49. The Kier molecular flexibility index (Phi) is 6.07. The summed E-state index contributed by atoms with van der Waals surface area (Å²) in [4.78, 5) is 12.3. The standard InChI is InChI=1S/C20H17ClN2O5S/c1-27-18-4-2-3-5-19(18)28-14-8-6-13(7-9-14)23-20(24)16-12-15(29(22,25)26)10-11-17(16)21/h2-12H,1H3,(H,23,24)(H2,22,25,26). The van der Waals surface area contributed by atoms with E-state index < -0.39 is 15.9 Å². The van der Waals surface area contributed by atoms with Crippen LogP contribution >= 0.6 is 11.6 Å². The summed E-state index contributed by atoms with van der Waals surface area (Å²) in [6, 6.07) is 17.5. The molecule has 0 aliphatic rings. The highest BCUT2D eigenvalue weighted by Gasteiger charge is 2.16. The van der Waals surface area contributed by atoms with Gasteiger partial charge in [0.2, 0.25) is 10.0 Å². The monoisotopic (exact) mass is 432 g/mol. The Morgan fingerprint density at radius 1 is 1.00 bits per heavy atom. The van der Waals surface area contributed by atoms with Gasteiger partial charge in [0.1, 0.15) is 5.75 Å². The van der Waals surface area contributed by atoms with Gasteiger partial charge in [-0.15, -0.1) is 0 Å². The Morgan fingerprint density at radius 2 is 1.66 bits per heavy atom. The average molecular weight is 433 g/mol. The van der Waals surface area contributed by atoms with E-state index in [0.29, 0.717) is 22.9 Å². The number of rotatable bonds is 6. The zero-order valence-corrected chi connectivity index (χ0v) is 16.8. The molecular weight excluding hydrogens is 416 g/mol. The van der Waals surface area contributed by atoms with Crippen LogP contribution in [0.4, 0.5) is 5.69 Å². The minimum absolute atomic E-state index is 0.00691. The molecule has 0 fully saturated rings. The van der Waals surface area contributed by atoms with Gasteiger partial charge in [-0.2, -0.15) is 0 Å². The molecule has 3 N–H and O–H groups in total. The number of nitrogens with one attached hydrogen (secondary N) is 1. The van der Waals surface area contributed by atoms with Crippen molar-refractivity contribution >= 4 is 33.2 Å². The third kappa shape index (κ3) is 5.05. The summed E-state index contributed by atoms with van der Waals surface area (Å²) < 4.78 is 34.0. The lowest BCUT2D eigenvalue weighted by Crippen LogP contribution is -2.16. The Labute approximate surface area is 173 Å². The first kappa shape index (κ1) is 20.7. The van der Waals surface area contributed by atoms with Gasteiger partial charge in [-0.1, -0.05) is 23.7 Å². The Morgan fingerprint density at radius 3 is 2.28 bits per heavy atom. The van der Waals surface area contributed by atoms with Crippen LogP contribution in [-0.2, 0) is 10.0 Å². The van der Waals surface area contributed by atoms with E-state index in [2.05, 4.69) is 5.32 Å². The number of hydrogen-bond donors (Lipinski definition) is 2. The molecule has 7 nitrogen and oxygen atoms in total. The molecule has 0 aliphatic carbocycles. The first-order valence-electron chi connectivity index (χ1n) is 8.32. The molecule has 0 heterocycles. The maximum atomic E-state index is 12.5. The number of para-hydroxylation sites is 2. The topological polar surface area (TPSA) is 108 Å². The lowest BCUT2D eigenvalue weighted by Gasteiger charge is -2.11. The Balaban J connectivity index is 1.75. The van der Waals surface area contributed by atoms with Crippen molar-refractivity contribution in [3.63, 3.8) is 0 Å². The second-order valence-corrected chi connectivity index (χ2v) is 7.89. The SMILES string of the molecule is COc1ccccc1Oc1ccc(NC(=O)c2cc(S(N)(=O)=O)ccc2Cl)cc1. The van der Waals surface area contributed by atoms with Gasteiger partial charge in [0.05, 0.1) is 22.6 Å². The van der Waals surface area contributed by atoms with Gasteiger partial charge in [0.25, 0.3) is 5.91 Å². The summed E-state index contributed by atoms with van der Waals surface area (Å²) in [5.41, 5.74) is 0.465. The molecule has 3 aromatic rings. The van der Waals surface area contributed by atoms with E-state index in [9.17, 15) is 13.2 Å². The molecule has 0 bridgehead atoms. The van der Waals surface area contributed by atoms with Crippen molar-refractivity contribution in [3.8, 4) is 17.2 Å². The fourth-order valence-corrected chi connectivity index (χ4v) is 3.23. The predicted molar refractivity (Wildman–Crippen MR) is 110 cm³/mol. The number of benzene rings is 3. The summed E-state index contributed by atoms with van der Waals surface area (Å²) >= 11 is 6.02. The zero-order valence-electron chi connectivity index (χ0n) is 15.3. The summed E-state index contributed by atoms with van der Waals surface area (Å²) in [5.74, 6) is 1.12. The van der Waals surface area contributed by atoms with Crippen LogP contribution in [0, 0.1) is 0 Å². The van der Waals surface area contributed by atoms with Gasteiger partial charge in [-0.05, 0) is 54.6 Å². The van der Waals surface area contributed by atoms with Crippen molar-refractivity contribution in [1.82, 2.24) is 0 Å².